The van der Waals surface area contributed by atoms with Gasteiger partial charge in [-0.05, 0) is 24.6 Å². The van der Waals surface area contributed by atoms with E-state index in [9.17, 15) is 4.79 Å². The van der Waals surface area contributed by atoms with Gasteiger partial charge in [-0.1, -0.05) is 29.8 Å². The minimum Gasteiger partial charge on any atom is -0.380 e. The maximum atomic E-state index is 10.9. The van der Waals surface area contributed by atoms with Crippen molar-refractivity contribution >= 4 is 17.4 Å². The number of aromatic nitrogens is 1. The van der Waals surface area contributed by atoms with Crippen LogP contribution < -0.4 is 10.6 Å². The topological polar surface area (TPSA) is 54.0 Å². The van der Waals surface area contributed by atoms with Crippen LogP contribution in [0.1, 0.15) is 18.1 Å². The summed E-state index contributed by atoms with van der Waals surface area (Å²) < 4.78 is 0. The number of carbonyl (C=O) groups is 1. The number of benzene rings is 1. The number of nitrogens with one attached hydrogen (secondary N) is 2. The van der Waals surface area contributed by atoms with E-state index in [1.165, 1.54) is 18.1 Å². The van der Waals surface area contributed by atoms with Gasteiger partial charge in [0, 0.05) is 13.5 Å². The molecule has 0 unspecified atom stereocenters. The van der Waals surface area contributed by atoms with Gasteiger partial charge < -0.3 is 10.6 Å². The van der Waals surface area contributed by atoms with Crippen molar-refractivity contribution in [3.63, 3.8) is 0 Å². The van der Waals surface area contributed by atoms with E-state index < -0.39 is 0 Å². The first-order chi connectivity index (χ1) is 9.13. The van der Waals surface area contributed by atoms with E-state index >= 15 is 0 Å². The third kappa shape index (κ3) is 4.10. The van der Waals surface area contributed by atoms with Crippen LogP contribution in [0.4, 0.5) is 11.5 Å². The summed E-state index contributed by atoms with van der Waals surface area (Å²) in [7, 11) is 0. The molecule has 0 atom stereocenters. The quantitative estimate of drug-likeness (QED) is 0.883. The van der Waals surface area contributed by atoms with Gasteiger partial charge in [-0.3, -0.25) is 4.79 Å². The highest BCUT2D eigenvalue weighted by Crippen LogP contribution is 2.12. The molecule has 4 heteroatoms. The molecule has 2 N–H and O–H groups in total. The van der Waals surface area contributed by atoms with Crippen molar-refractivity contribution in [3.05, 3.63) is 53.7 Å². The largest absolute Gasteiger partial charge is 0.380 e. The molecule has 0 fully saturated rings. The number of anilines is 2. The number of carbonyl (C=O) groups excluding carboxylic acids is 1. The number of hydrogen-bond acceptors (Lipinski definition) is 3. The molecule has 98 valence electrons. The van der Waals surface area contributed by atoms with E-state index in [-0.39, 0.29) is 5.91 Å². The molecule has 1 aromatic carbocycles. The van der Waals surface area contributed by atoms with E-state index in [1.807, 2.05) is 12.1 Å². The molecule has 1 amide bonds. The second-order valence-corrected chi connectivity index (χ2v) is 4.46. The van der Waals surface area contributed by atoms with Crippen LogP contribution in [0.25, 0.3) is 0 Å². The van der Waals surface area contributed by atoms with Crippen molar-refractivity contribution in [1.82, 2.24) is 4.98 Å². The Kier molecular flexibility index (Phi) is 4.13. The molecule has 0 saturated carbocycles. The molecule has 0 saturated heterocycles. The molecule has 1 heterocycles. The normalized spacial score (nSPS) is 10.0. The highest BCUT2D eigenvalue weighted by atomic mass is 16.1. The Labute approximate surface area is 112 Å². The van der Waals surface area contributed by atoms with Gasteiger partial charge in [0.15, 0.2) is 0 Å². The Bertz CT molecular complexity index is 564. The van der Waals surface area contributed by atoms with E-state index in [2.05, 4.69) is 40.7 Å². The third-order valence-electron chi connectivity index (χ3n) is 2.65. The summed E-state index contributed by atoms with van der Waals surface area (Å²) in [4.78, 5) is 15.0. The van der Waals surface area contributed by atoms with Gasteiger partial charge in [-0.25, -0.2) is 4.98 Å². The number of hydrogen-bond donors (Lipinski definition) is 2. The summed E-state index contributed by atoms with van der Waals surface area (Å²) in [5.74, 6) is 0.446. The van der Waals surface area contributed by atoms with Gasteiger partial charge in [-0.2, -0.15) is 0 Å². The molecule has 4 nitrogen and oxygen atoms in total. The Hall–Kier alpha value is -2.36. The summed E-state index contributed by atoms with van der Waals surface area (Å²) in [6.45, 7) is 4.29. The van der Waals surface area contributed by atoms with Crippen LogP contribution in [-0.4, -0.2) is 10.9 Å². The number of amides is 1. The van der Waals surface area contributed by atoms with Gasteiger partial charge in [0.25, 0.3) is 0 Å². The van der Waals surface area contributed by atoms with Gasteiger partial charge >= 0.3 is 0 Å². The molecular formula is C15H17N3O. The lowest BCUT2D eigenvalue weighted by Gasteiger charge is -2.08. The lowest BCUT2D eigenvalue weighted by molar-refractivity contribution is -0.114. The van der Waals surface area contributed by atoms with Crippen LogP contribution in [0.15, 0.2) is 42.6 Å². The molecule has 0 radical (unpaired) electrons. The first kappa shape index (κ1) is 13.1. The zero-order valence-corrected chi connectivity index (χ0v) is 11.1. The maximum absolute atomic E-state index is 10.9. The highest BCUT2D eigenvalue weighted by molar-refractivity contribution is 5.87. The van der Waals surface area contributed by atoms with Crippen molar-refractivity contribution in [1.29, 1.82) is 0 Å². The second-order valence-electron chi connectivity index (χ2n) is 4.46. The number of pyridine rings is 1. The van der Waals surface area contributed by atoms with Crippen LogP contribution in [-0.2, 0) is 11.3 Å². The van der Waals surface area contributed by atoms with Gasteiger partial charge in [0.2, 0.25) is 5.91 Å². The van der Waals surface area contributed by atoms with Crippen molar-refractivity contribution in [2.75, 3.05) is 10.6 Å². The molecule has 0 aliphatic carbocycles. The van der Waals surface area contributed by atoms with Crippen LogP contribution in [0.2, 0.25) is 0 Å². The number of nitrogens with zero attached hydrogens (tertiary/aromatic N) is 1. The van der Waals surface area contributed by atoms with Crippen LogP contribution >= 0.6 is 0 Å². The summed E-state index contributed by atoms with van der Waals surface area (Å²) in [5, 5.41) is 5.93. The summed E-state index contributed by atoms with van der Waals surface area (Å²) in [6.07, 6.45) is 1.71. The molecule has 0 bridgehead atoms. The van der Waals surface area contributed by atoms with Crippen LogP contribution in [0.3, 0.4) is 0 Å². The zero-order valence-electron chi connectivity index (χ0n) is 11.1. The van der Waals surface area contributed by atoms with Crippen LogP contribution in [0, 0.1) is 6.92 Å². The molecule has 0 aliphatic heterocycles. The smallest absolute Gasteiger partial charge is 0.222 e. The van der Waals surface area contributed by atoms with E-state index in [0.717, 1.165) is 12.2 Å². The molecule has 1 aromatic heterocycles. The fourth-order valence-electron chi connectivity index (χ4n) is 1.78. The van der Waals surface area contributed by atoms with Crippen molar-refractivity contribution in [2.24, 2.45) is 0 Å². The SMILES string of the molecule is CC(=O)Nc1ccc(NCc2cccc(C)c2)cn1. The van der Waals surface area contributed by atoms with Crippen LogP contribution in [0.5, 0.6) is 0 Å². The number of aryl methyl sites for hydroxylation is 1. The van der Waals surface area contributed by atoms with E-state index in [0.29, 0.717) is 5.82 Å². The van der Waals surface area contributed by atoms with Crippen molar-refractivity contribution in [2.45, 2.75) is 20.4 Å². The lowest BCUT2D eigenvalue weighted by Crippen LogP contribution is -2.07. The second kappa shape index (κ2) is 6.00. The molecular weight excluding hydrogens is 238 g/mol. The molecule has 2 aromatic rings. The summed E-state index contributed by atoms with van der Waals surface area (Å²) >= 11 is 0. The standard InChI is InChI=1S/C15H17N3O/c1-11-4-3-5-13(8-11)9-16-14-6-7-15(17-10-14)18-12(2)19/h3-8,10,16H,9H2,1-2H3,(H,17,18,19). The summed E-state index contributed by atoms with van der Waals surface area (Å²) in [5.41, 5.74) is 3.40. The lowest BCUT2D eigenvalue weighted by atomic mass is 10.1. The number of rotatable bonds is 4. The highest BCUT2D eigenvalue weighted by Gasteiger charge is 1.98. The summed E-state index contributed by atoms with van der Waals surface area (Å²) in [6, 6.07) is 12.0. The first-order valence-corrected chi connectivity index (χ1v) is 6.16. The third-order valence-corrected chi connectivity index (χ3v) is 2.65. The average molecular weight is 255 g/mol. The molecule has 0 spiro atoms. The minimum absolute atomic E-state index is 0.118. The first-order valence-electron chi connectivity index (χ1n) is 6.16. The molecule has 0 aliphatic rings. The van der Waals surface area contributed by atoms with Gasteiger partial charge in [-0.15, -0.1) is 0 Å². The molecule has 2 rings (SSSR count). The van der Waals surface area contributed by atoms with E-state index in [1.54, 1.807) is 12.3 Å². The fraction of sp³-hybridized carbons (Fsp3) is 0.200. The predicted octanol–water partition coefficient (Wildman–Crippen LogP) is 2.96. The fourth-order valence-corrected chi connectivity index (χ4v) is 1.78. The Morgan fingerprint density at radius 1 is 1.26 bits per heavy atom. The van der Waals surface area contributed by atoms with Crippen molar-refractivity contribution < 1.29 is 4.79 Å². The predicted molar refractivity (Wildman–Crippen MR) is 77.0 cm³/mol. The Balaban J connectivity index is 1.94. The monoisotopic (exact) mass is 255 g/mol. The Morgan fingerprint density at radius 2 is 2.11 bits per heavy atom. The van der Waals surface area contributed by atoms with E-state index in [4.69, 9.17) is 0 Å². The zero-order chi connectivity index (χ0) is 13.7. The van der Waals surface area contributed by atoms with Crippen molar-refractivity contribution in [3.8, 4) is 0 Å². The molecule has 19 heavy (non-hydrogen) atoms. The maximum Gasteiger partial charge on any atom is 0.222 e. The Morgan fingerprint density at radius 3 is 2.74 bits per heavy atom. The average Bonchev–Trinajstić information content (AvgIpc) is 2.37. The minimum atomic E-state index is -0.118. The van der Waals surface area contributed by atoms with Gasteiger partial charge in [0.05, 0.1) is 11.9 Å². The van der Waals surface area contributed by atoms with Gasteiger partial charge in [0.1, 0.15) is 5.82 Å².